The van der Waals surface area contributed by atoms with Crippen molar-refractivity contribution in [2.45, 2.75) is 13.2 Å². The third kappa shape index (κ3) is 7.11. The third-order valence-corrected chi connectivity index (χ3v) is 3.01. The summed E-state index contributed by atoms with van der Waals surface area (Å²) in [5.41, 5.74) is 0.773. The van der Waals surface area contributed by atoms with Crippen LogP contribution in [0.25, 0.3) is 0 Å². The number of aromatic hydroxyl groups is 1. The number of hydrogen-bond acceptors (Lipinski definition) is 7. The van der Waals surface area contributed by atoms with E-state index in [9.17, 15) is 21.9 Å². The van der Waals surface area contributed by atoms with Crippen LogP contribution in [0.1, 0.15) is 11.1 Å². The number of rotatable bonds is 6. The summed E-state index contributed by atoms with van der Waals surface area (Å²) in [5.74, 6) is -0.137. The van der Waals surface area contributed by atoms with Gasteiger partial charge in [-0.3, -0.25) is 8.37 Å². The fourth-order valence-electron chi connectivity index (χ4n) is 1.26. The summed E-state index contributed by atoms with van der Waals surface area (Å²) in [5, 5.41) is 9.44. The van der Waals surface area contributed by atoms with E-state index in [4.69, 9.17) is 0 Å². The van der Waals surface area contributed by atoms with Gasteiger partial charge in [-0.25, -0.2) is 0 Å². The largest absolute Gasteiger partial charge is 0.508 e. The van der Waals surface area contributed by atoms with Crippen LogP contribution in [0.2, 0.25) is 0 Å². The molecule has 0 aromatic heterocycles. The van der Waals surface area contributed by atoms with E-state index in [0.717, 1.165) is 12.5 Å². The smallest absolute Gasteiger partial charge is 0.264 e. The molecule has 0 saturated carbocycles. The van der Waals surface area contributed by atoms with Gasteiger partial charge in [0.1, 0.15) is 5.75 Å². The van der Waals surface area contributed by atoms with Crippen molar-refractivity contribution in [2.24, 2.45) is 0 Å². The fraction of sp³-hybridized carbons (Fsp3) is 0.400. The van der Waals surface area contributed by atoms with Crippen molar-refractivity contribution in [1.82, 2.24) is 0 Å². The molecule has 9 heteroatoms. The van der Waals surface area contributed by atoms with Gasteiger partial charge in [-0.15, -0.1) is 0 Å². The van der Waals surface area contributed by atoms with Crippen LogP contribution < -0.4 is 0 Å². The van der Waals surface area contributed by atoms with Crippen LogP contribution in [0.15, 0.2) is 18.2 Å². The summed E-state index contributed by atoms with van der Waals surface area (Å²) in [6.45, 7) is -0.502. The minimum atomic E-state index is -3.59. The molecule has 108 valence electrons. The Morgan fingerprint density at radius 3 is 1.58 bits per heavy atom. The first-order valence-electron chi connectivity index (χ1n) is 5.06. The maximum atomic E-state index is 10.8. The standard InChI is InChI=1S/C10H14O7S2/c1-18(12,13)16-6-8-3-9(5-10(11)4-8)7-17-19(2,14)15/h3-5,11H,6-7H2,1-2H3. The maximum absolute atomic E-state index is 10.8. The summed E-state index contributed by atoms with van der Waals surface area (Å²) in [6, 6.07) is 4.11. The van der Waals surface area contributed by atoms with Gasteiger partial charge >= 0.3 is 0 Å². The van der Waals surface area contributed by atoms with Gasteiger partial charge in [-0.05, 0) is 23.3 Å². The highest BCUT2D eigenvalue weighted by Crippen LogP contribution is 2.18. The van der Waals surface area contributed by atoms with Crippen LogP contribution in [0, 0.1) is 0 Å². The lowest BCUT2D eigenvalue weighted by atomic mass is 10.1. The Hall–Kier alpha value is -1.16. The van der Waals surface area contributed by atoms with Gasteiger partial charge in [0.15, 0.2) is 0 Å². The number of benzene rings is 1. The minimum absolute atomic E-state index is 0.137. The van der Waals surface area contributed by atoms with Crippen molar-refractivity contribution in [3.8, 4) is 5.75 Å². The normalized spacial score (nSPS) is 12.5. The van der Waals surface area contributed by atoms with E-state index in [1.165, 1.54) is 18.2 Å². The van der Waals surface area contributed by atoms with Crippen LogP contribution in [-0.4, -0.2) is 34.5 Å². The van der Waals surface area contributed by atoms with Crippen molar-refractivity contribution < 1.29 is 30.3 Å². The van der Waals surface area contributed by atoms with E-state index in [1.54, 1.807) is 0 Å². The van der Waals surface area contributed by atoms with Gasteiger partial charge in [0.2, 0.25) is 0 Å². The molecule has 0 unspecified atom stereocenters. The molecule has 1 aromatic rings. The summed E-state index contributed by atoms with van der Waals surface area (Å²) < 4.78 is 52.5. The number of phenolic OH excluding ortho intramolecular Hbond substituents is 1. The van der Waals surface area contributed by atoms with E-state index in [0.29, 0.717) is 11.1 Å². The van der Waals surface area contributed by atoms with Crippen LogP contribution in [0.3, 0.4) is 0 Å². The molecule has 0 fully saturated rings. The molecular formula is C10H14O7S2. The predicted molar refractivity (Wildman–Crippen MR) is 67.4 cm³/mol. The molecule has 0 bridgehead atoms. The Morgan fingerprint density at radius 1 is 0.895 bits per heavy atom. The van der Waals surface area contributed by atoms with Crippen molar-refractivity contribution in [1.29, 1.82) is 0 Å². The number of phenols is 1. The summed E-state index contributed by atoms with van der Waals surface area (Å²) in [4.78, 5) is 0. The molecule has 7 nitrogen and oxygen atoms in total. The molecule has 0 aliphatic rings. The Kier molecular flexibility index (Phi) is 4.91. The highest BCUT2D eigenvalue weighted by molar-refractivity contribution is 7.86. The van der Waals surface area contributed by atoms with Crippen molar-refractivity contribution in [3.63, 3.8) is 0 Å². The highest BCUT2D eigenvalue weighted by atomic mass is 32.2. The topological polar surface area (TPSA) is 107 Å². The molecule has 0 heterocycles. The first kappa shape index (κ1) is 15.9. The zero-order valence-corrected chi connectivity index (χ0v) is 12.0. The lowest BCUT2D eigenvalue weighted by molar-refractivity contribution is 0.305. The lowest BCUT2D eigenvalue weighted by Gasteiger charge is -2.07. The van der Waals surface area contributed by atoms with E-state index in [1.807, 2.05) is 0 Å². The average Bonchev–Trinajstić information content (AvgIpc) is 2.21. The first-order chi connectivity index (χ1) is 8.55. The van der Waals surface area contributed by atoms with E-state index in [2.05, 4.69) is 8.37 Å². The summed E-state index contributed by atoms with van der Waals surface area (Å²) in [7, 11) is -7.18. The molecule has 1 rings (SSSR count). The Bertz CT molecular complexity index is 592. The molecule has 19 heavy (non-hydrogen) atoms. The SMILES string of the molecule is CS(=O)(=O)OCc1cc(O)cc(COS(C)(=O)=O)c1. The summed E-state index contributed by atoms with van der Waals surface area (Å²) >= 11 is 0. The van der Waals surface area contributed by atoms with Gasteiger partial charge in [0.25, 0.3) is 20.2 Å². The zero-order valence-electron chi connectivity index (χ0n) is 10.4. The number of hydrogen-bond donors (Lipinski definition) is 1. The summed E-state index contributed by atoms with van der Waals surface area (Å²) in [6.07, 6.45) is 1.81. The molecule has 0 aliphatic carbocycles. The van der Waals surface area contributed by atoms with Gasteiger partial charge in [-0.1, -0.05) is 6.07 Å². The third-order valence-electron chi connectivity index (χ3n) is 1.92. The molecule has 1 N–H and O–H groups in total. The molecule has 0 saturated heterocycles. The van der Waals surface area contributed by atoms with Crippen molar-refractivity contribution in [3.05, 3.63) is 29.3 Å². The van der Waals surface area contributed by atoms with Crippen LogP contribution in [0.5, 0.6) is 5.75 Å². The lowest BCUT2D eigenvalue weighted by Crippen LogP contribution is -2.05. The first-order valence-corrected chi connectivity index (χ1v) is 8.69. The van der Waals surface area contributed by atoms with Gasteiger partial charge in [0.05, 0.1) is 25.7 Å². The molecule has 0 radical (unpaired) electrons. The van der Waals surface area contributed by atoms with Crippen LogP contribution in [-0.2, 0) is 41.8 Å². The predicted octanol–water partition coefficient (Wildman–Crippen LogP) is 0.345. The Labute approximate surface area is 112 Å². The minimum Gasteiger partial charge on any atom is -0.508 e. The molecule has 0 amide bonds. The maximum Gasteiger partial charge on any atom is 0.264 e. The molecular weight excluding hydrogens is 296 g/mol. The fourth-order valence-corrected chi connectivity index (χ4v) is 1.96. The average molecular weight is 310 g/mol. The van der Waals surface area contributed by atoms with Crippen LogP contribution in [0.4, 0.5) is 0 Å². The highest BCUT2D eigenvalue weighted by Gasteiger charge is 2.08. The van der Waals surface area contributed by atoms with Gasteiger partial charge in [-0.2, -0.15) is 16.8 Å². The second-order valence-corrected chi connectivity index (χ2v) is 7.23. The van der Waals surface area contributed by atoms with Gasteiger partial charge in [0, 0.05) is 0 Å². The monoisotopic (exact) mass is 310 g/mol. The van der Waals surface area contributed by atoms with Gasteiger partial charge < -0.3 is 5.11 Å². The second kappa shape index (κ2) is 5.87. The molecule has 0 aliphatic heterocycles. The van der Waals surface area contributed by atoms with Crippen LogP contribution >= 0.6 is 0 Å². The second-order valence-electron chi connectivity index (χ2n) is 3.94. The van der Waals surface area contributed by atoms with E-state index < -0.39 is 20.2 Å². The van der Waals surface area contributed by atoms with E-state index >= 15 is 0 Å². The Morgan fingerprint density at radius 2 is 1.26 bits per heavy atom. The van der Waals surface area contributed by atoms with Crippen molar-refractivity contribution >= 4 is 20.2 Å². The van der Waals surface area contributed by atoms with Crippen molar-refractivity contribution in [2.75, 3.05) is 12.5 Å². The molecule has 1 aromatic carbocycles. The molecule has 0 atom stereocenters. The Balaban J connectivity index is 2.82. The zero-order chi connectivity index (χ0) is 14.7. The molecule has 0 spiro atoms. The quantitative estimate of drug-likeness (QED) is 0.755. The van der Waals surface area contributed by atoms with E-state index in [-0.39, 0.29) is 19.0 Å².